The Morgan fingerprint density at radius 3 is 2.84 bits per heavy atom. The second-order valence-electron chi connectivity index (χ2n) is 13.6. The molecule has 10 heteroatoms. The van der Waals surface area contributed by atoms with Crippen LogP contribution in [0.15, 0.2) is 42.6 Å². The number of rotatable bonds is 2. The number of hydrogen-bond acceptors (Lipinski definition) is 8. The molecule has 2 aromatic heterocycles. The van der Waals surface area contributed by atoms with Crippen LogP contribution in [0.5, 0.6) is 0 Å². The van der Waals surface area contributed by atoms with Gasteiger partial charge in [0.25, 0.3) is 5.91 Å². The van der Waals surface area contributed by atoms with E-state index >= 15 is 0 Å². The van der Waals surface area contributed by atoms with Crippen LogP contribution in [0.2, 0.25) is 0 Å². The topological polar surface area (TPSA) is 115 Å². The van der Waals surface area contributed by atoms with Crippen LogP contribution >= 0.6 is 0 Å². The van der Waals surface area contributed by atoms with Crippen molar-refractivity contribution in [2.24, 2.45) is 11.1 Å². The van der Waals surface area contributed by atoms with Crippen LogP contribution < -0.4 is 11.2 Å². The van der Waals surface area contributed by atoms with E-state index < -0.39 is 17.5 Å². The molecule has 6 bridgehead atoms. The van der Waals surface area contributed by atoms with Crippen molar-refractivity contribution in [1.29, 1.82) is 0 Å². The molecule has 0 radical (unpaired) electrons. The van der Waals surface area contributed by atoms with Crippen LogP contribution in [0.25, 0.3) is 27.7 Å². The first kappa shape index (κ1) is 30.1. The molecule has 3 aromatic rings. The zero-order chi connectivity index (χ0) is 31.5. The van der Waals surface area contributed by atoms with Crippen LogP contribution in [-0.4, -0.2) is 83.3 Å². The molecule has 238 valence electrons. The minimum absolute atomic E-state index is 0.149. The van der Waals surface area contributed by atoms with Crippen molar-refractivity contribution in [2.45, 2.75) is 70.7 Å². The molecule has 4 aliphatic rings. The lowest BCUT2D eigenvalue weighted by Gasteiger charge is -2.42. The zero-order valence-corrected chi connectivity index (χ0v) is 26.7. The van der Waals surface area contributed by atoms with Crippen molar-refractivity contribution in [3.05, 3.63) is 59.4 Å². The van der Waals surface area contributed by atoms with Gasteiger partial charge in [-0.3, -0.25) is 24.5 Å². The molecule has 10 nitrogen and oxygen atoms in total. The van der Waals surface area contributed by atoms with Gasteiger partial charge >= 0.3 is 5.97 Å². The number of aromatic nitrogens is 2. The summed E-state index contributed by atoms with van der Waals surface area (Å²) in [5, 5.41) is 2.71. The number of pyridine rings is 1. The summed E-state index contributed by atoms with van der Waals surface area (Å²) in [6.45, 7) is 9.98. The maximum absolute atomic E-state index is 13.5. The van der Waals surface area contributed by atoms with E-state index in [1.165, 1.54) is 27.1 Å². The lowest BCUT2D eigenvalue weighted by atomic mass is 9.67. The standard InChI is InChI=1S/C35H44N6O4/c1-5-40-27-13-12-21-17-24(27)28-29(32(44-4)30-23(31(28)40)10-6-14-37-30)35(2,3)20-45-34(43)26-11-8-16-41(38-26)33(42)25(36)19-39-15-7-9-22(21)18-39/h6,9-10,12-14,17,25-26,29,32,38H,5,7-8,11,15-16,18-20,36H2,1-4H3/t25-,26-,29?,32-/m0/s1. The quantitative estimate of drug-likeness (QED) is 0.418. The number of nitrogens with zero attached hydrogens (tertiary/aromatic N) is 4. The summed E-state index contributed by atoms with van der Waals surface area (Å²) in [5.74, 6) is -0.701. The Morgan fingerprint density at radius 1 is 1.20 bits per heavy atom. The number of esters is 1. The average Bonchev–Trinajstić information content (AvgIpc) is 3.39. The molecule has 3 N–H and O–H groups in total. The number of benzene rings is 1. The lowest BCUT2D eigenvalue weighted by molar-refractivity contribution is -0.156. The monoisotopic (exact) mass is 612 g/mol. The minimum atomic E-state index is -0.696. The highest BCUT2D eigenvalue weighted by molar-refractivity contribution is 5.96. The van der Waals surface area contributed by atoms with E-state index in [1.54, 1.807) is 7.11 Å². The van der Waals surface area contributed by atoms with Gasteiger partial charge in [-0.25, -0.2) is 5.43 Å². The van der Waals surface area contributed by atoms with Gasteiger partial charge in [-0.05, 0) is 67.2 Å². The number of nitrogens with two attached hydrogens (primary N) is 1. The second-order valence-corrected chi connectivity index (χ2v) is 13.6. The van der Waals surface area contributed by atoms with Gasteiger partial charge in [0.15, 0.2) is 0 Å². The Balaban J connectivity index is 1.42. The van der Waals surface area contributed by atoms with Gasteiger partial charge in [0.05, 0.1) is 24.0 Å². The van der Waals surface area contributed by atoms with Crippen molar-refractivity contribution >= 4 is 28.4 Å². The number of fused-ring (bicyclic) bond motifs is 8. The van der Waals surface area contributed by atoms with Gasteiger partial charge in [-0.2, -0.15) is 0 Å². The van der Waals surface area contributed by atoms with Gasteiger partial charge in [-0.15, -0.1) is 0 Å². The second kappa shape index (κ2) is 11.7. The highest BCUT2D eigenvalue weighted by Crippen LogP contribution is 2.57. The maximum Gasteiger partial charge on any atom is 0.324 e. The number of carbonyl (C=O) groups excluding carboxylic acids is 2. The smallest absolute Gasteiger partial charge is 0.324 e. The van der Waals surface area contributed by atoms with E-state index in [0.29, 0.717) is 32.5 Å². The van der Waals surface area contributed by atoms with Crippen LogP contribution in [0.4, 0.5) is 0 Å². The number of ether oxygens (including phenoxy) is 2. The number of nitrogens with one attached hydrogen (secondary N) is 1. The fraction of sp³-hybridized carbons (Fsp3) is 0.514. The van der Waals surface area contributed by atoms with Crippen molar-refractivity contribution in [1.82, 2.24) is 24.9 Å². The van der Waals surface area contributed by atoms with E-state index in [0.717, 1.165) is 42.0 Å². The first-order valence-corrected chi connectivity index (χ1v) is 16.3. The third-order valence-electron chi connectivity index (χ3n) is 10.2. The van der Waals surface area contributed by atoms with Gasteiger partial charge < -0.3 is 19.8 Å². The number of cyclic esters (lactones) is 1. The summed E-state index contributed by atoms with van der Waals surface area (Å²) in [5.41, 5.74) is 17.0. The van der Waals surface area contributed by atoms with Gasteiger partial charge in [0.1, 0.15) is 12.1 Å². The Kier molecular flexibility index (Phi) is 7.80. The molecule has 5 heterocycles. The fourth-order valence-electron chi connectivity index (χ4n) is 8.01. The molecule has 1 aromatic carbocycles. The van der Waals surface area contributed by atoms with Gasteiger partial charge in [0.2, 0.25) is 0 Å². The minimum Gasteiger partial charge on any atom is -0.464 e. The van der Waals surface area contributed by atoms with Crippen molar-refractivity contribution in [3.8, 4) is 11.3 Å². The first-order chi connectivity index (χ1) is 21.7. The summed E-state index contributed by atoms with van der Waals surface area (Å²) in [6.07, 6.45) is 6.00. The number of aryl methyl sites for hydroxylation is 1. The molecule has 1 amide bonds. The van der Waals surface area contributed by atoms with Gasteiger partial charge in [-0.1, -0.05) is 26.0 Å². The Morgan fingerprint density at radius 2 is 2.04 bits per heavy atom. The van der Waals surface area contributed by atoms with Gasteiger partial charge in [0, 0.05) is 73.8 Å². The van der Waals surface area contributed by atoms with Crippen LogP contribution in [-0.2, 0) is 25.6 Å². The van der Waals surface area contributed by atoms with Crippen molar-refractivity contribution in [3.63, 3.8) is 0 Å². The third kappa shape index (κ3) is 5.08. The molecule has 45 heavy (non-hydrogen) atoms. The number of amides is 1. The molecular weight excluding hydrogens is 568 g/mol. The summed E-state index contributed by atoms with van der Waals surface area (Å²) in [6, 6.07) is 9.62. The normalized spacial score (nSPS) is 28.2. The highest BCUT2D eigenvalue weighted by Gasteiger charge is 2.47. The molecule has 1 fully saturated rings. The zero-order valence-electron chi connectivity index (χ0n) is 26.7. The Bertz CT molecular complexity index is 1680. The predicted molar refractivity (Wildman–Crippen MR) is 173 cm³/mol. The molecule has 3 aliphatic heterocycles. The molecule has 0 saturated carbocycles. The van der Waals surface area contributed by atoms with Crippen molar-refractivity contribution in [2.75, 3.05) is 39.9 Å². The third-order valence-corrected chi connectivity index (χ3v) is 10.2. The maximum atomic E-state index is 13.5. The fourth-order valence-corrected chi connectivity index (χ4v) is 8.01. The molecule has 0 spiro atoms. The molecule has 5 atom stereocenters. The van der Waals surface area contributed by atoms with Crippen LogP contribution in [0.3, 0.4) is 0 Å². The largest absolute Gasteiger partial charge is 0.464 e. The highest BCUT2D eigenvalue weighted by atomic mass is 16.5. The summed E-state index contributed by atoms with van der Waals surface area (Å²) in [4.78, 5) is 34.1. The number of hydrazine groups is 1. The van der Waals surface area contributed by atoms with Crippen LogP contribution in [0.1, 0.15) is 68.9 Å². The van der Waals surface area contributed by atoms with Crippen LogP contribution in [0, 0.1) is 5.41 Å². The Labute approximate surface area is 264 Å². The average molecular weight is 613 g/mol. The van der Waals surface area contributed by atoms with E-state index in [1.807, 2.05) is 12.3 Å². The lowest BCUT2D eigenvalue weighted by Crippen LogP contribution is -2.60. The molecular formula is C35H44N6O4. The number of methoxy groups -OCH3 is 1. The number of hydrogen-bond donors (Lipinski definition) is 2. The molecule has 1 saturated heterocycles. The Hall–Kier alpha value is -3.57. The molecule has 7 rings (SSSR count). The van der Waals surface area contributed by atoms with Crippen molar-refractivity contribution < 1.29 is 19.1 Å². The molecule has 2 unspecified atom stereocenters. The van der Waals surface area contributed by atoms with E-state index in [2.05, 4.69) is 66.0 Å². The van der Waals surface area contributed by atoms with E-state index in [4.69, 9.17) is 20.2 Å². The summed E-state index contributed by atoms with van der Waals surface area (Å²) >= 11 is 0. The summed E-state index contributed by atoms with van der Waals surface area (Å²) < 4.78 is 14.8. The molecule has 1 aliphatic carbocycles. The SMILES string of the molecule is CCn1c2c3c4cc(ccc41)C1=CCCN(C1)C[C@H](N)C(=O)N1CCC[C@H](N1)C(=O)OCC(C)(C)C3[C@H](OC)c1ncccc1-2. The van der Waals surface area contributed by atoms with E-state index in [-0.39, 0.29) is 30.5 Å². The summed E-state index contributed by atoms with van der Waals surface area (Å²) in [7, 11) is 1.75. The first-order valence-electron chi connectivity index (χ1n) is 16.3. The predicted octanol–water partition coefficient (Wildman–Crippen LogP) is 4.00. The number of carbonyl (C=O) groups is 2. The van der Waals surface area contributed by atoms with E-state index in [9.17, 15) is 9.59 Å².